The van der Waals surface area contributed by atoms with E-state index in [1.54, 1.807) is 46.8 Å². The molecule has 2 N–H and O–H groups in total. The molecule has 3 heterocycles. The molecule has 0 aliphatic carbocycles. The average Bonchev–Trinajstić information content (AvgIpc) is 3.28. The minimum atomic E-state index is -0.386. The third-order valence-electron chi connectivity index (χ3n) is 6.96. The number of carbonyl (C=O) groups is 1. The second kappa shape index (κ2) is 11.0. The van der Waals surface area contributed by atoms with Gasteiger partial charge in [0.05, 0.1) is 31.5 Å². The molecule has 0 atom stereocenters. The summed E-state index contributed by atoms with van der Waals surface area (Å²) in [5, 5.41) is 10.8. The predicted octanol–water partition coefficient (Wildman–Crippen LogP) is 3.21. The molecule has 0 saturated carbocycles. The number of carbonyl (C=O) groups excluding carboxylic acids is 1. The van der Waals surface area contributed by atoms with E-state index in [0.29, 0.717) is 35.5 Å². The van der Waals surface area contributed by atoms with Crippen molar-refractivity contribution in [1.29, 1.82) is 0 Å². The van der Waals surface area contributed by atoms with Crippen LogP contribution in [0.2, 0.25) is 0 Å². The van der Waals surface area contributed by atoms with E-state index in [0.717, 1.165) is 29.9 Å². The van der Waals surface area contributed by atoms with Gasteiger partial charge in [-0.05, 0) is 41.8 Å². The smallest absolute Gasteiger partial charge is 0.255 e. The highest BCUT2D eigenvalue weighted by Gasteiger charge is 2.28. The summed E-state index contributed by atoms with van der Waals surface area (Å²) in [6, 6.07) is 16.0. The van der Waals surface area contributed by atoms with Crippen LogP contribution in [0.5, 0.6) is 5.75 Å². The lowest BCUT2D eigenvalue weighted by molar-refractivity contribution is 0.0948. The van der Waals surface area contributed by atoms with E-state index in [1.807, 2.05) is 30.3 Å². The summed E-state index contributed by atoms with van der Waals surface area (Å²) in [6.07, 6.45) is 3.53. The molecule has 0 unspecified atom stereocenters. The molecular weight excluding hydrogens is 485 g/mol. The van der Waals surface area contributed by atoms with Crippen molar-refractivity contribution in [2.45, 2.75) is 32.5 Å². The Morgan fingerprint density at radius 3 is 2.50 bits per heavy atom. The van der Waals surface area contributed by atoms with Gasteiger partial charge in [0.25, 0.3) is 11.5 Å². The Kier molecular flexibility index (Phi) is 7.37. The molecule has 1 fully saturated rings. The lowest BCUT2D eigenvalue weighted by Crippen LogP contribution is -2.41. The maximum absolute atomic E-state index is 14.5. The Morgan fingerprint density at radius 2 is 1.84 bits per heavy atom. The first-order valence-electron chi connectivity index (χ1n) is 12.5. The summed E-state index contributed by atoms with van der Waals surface area (Å²) in [7, 11) is 1.54. The van der Waals surface area contributed by atoms with Gasteiger partial charge in [-0.3, -0.25) is 14.3 Å². The zero-order chi connectivity index (χ0) is 26.6. The fourth-order valence-corrected chi connectivity index (χ4v) is 4.61. The lowest BCUT2D eigenvalue weighted by Gasteiger charge is -2.26. The molecule has 0 radical (unpaired) electrons. The summed E-state index contributed by atoms with van der Waals surface area (Å²) in [5.41, 5.74) is 4.30. The van der Waals surface area contributed by atoms with Crippen LogP contribution in [0.4, 0.5) is 4.39 Å². The largest absolute Gasteiger partial charge is 0.496 e. The maximum Gasteiger partial charge on any atom is 0.255 e. The van der Waals surface area contributed by atoms with Gasteiger partial charge in [-0.15, -0.1) is 0 Å². The fourth-order valence-electron chi connectivity index (χ4n) is 4.61. The van der Waals surface area contributed by atoms with Crippen LogP contribution in [0, 0.1) is 12.7 Å². The zero-order valence-electron chi connectivity index (χ0n) is 21.4. The maximum atomic E-state index is 14.5. The molecule has 5 rings (SSSR count). The molecule has 196 valence electrons. The lowest BCUT2D eigenvalue weighted by atomic mass is 9.96. The van der Waals surface area contributed by atoms with E-state index in [2.05, 4.69) is 10.6 Å². The number of benzene rings is 2. The molecule has 1 amide bonds. The Hall–Kier alpha value is -4.24. The van der Waals surface area contributed by atoms with E-state index in [9.17, 15) is 14.0 Å². The van der Waals surface area contributed by atoms with Crippen LogP contribution in [0.15, 0.2) is 71.8 Å². The van der Waals surface area contributed by atoms with Crippen molar-refractivity contribution in [2.75, 3.05) is 20.2 Å². The molecule has 4 aromatic rings. The first-order chi connectivity index (χ1) is 18.4. The molecule has 0 spiro atoms. The molecule has 38 heavy (non-hydrogen) atoms. The Labute approximate surface area is 220 Å². The fraction of sp³-hybridized carbons (Fsp3) is 0.276. The molecule has 8 nitrogen and oxygen atoms in total. The molecule has 1 saturated heterocycles. The number of halogens is 1. The number of pyridine rings is 1. The van der Waals surface area contributed by atoms with Crippen molar-refractivity contribution < 1.29 is 13.9 Å². The molecule has 0 bridgehead atoms. The van der Waals surface area contributed by atoms with Gasteiger partial charge in [-0.1, -0.05) is 30.3 Å². The summed E-state index contributed by atoms with van der Waals surface area (Å²) in [4.78, 5) is 25.2. The van der Waals surface area contributed by atoms with Crippen LogP contribution in [0.3, 0.4) is 0 Å². The molecule has 2 aromatic carbocycles. The number of hydrogen-bond acceptors (Lipinski definition) is 5. The number of ether oxygens (including phenoxy) is 1. The van der Waals surface area contributed by atoms with Gasteiger partial charge < -0.3 is 19.9 Å². The first-order valence-corrected chi connectivity index (χ1v) is 12.5. The van der Waals surface area contributed by atoms with E-state index in [4.69, 9.17) is 9.84 Å². The van der Waals surface area contributed by atoms with E-state index in [1.165, 1.54) is 13.2 Å². The van der Waals surface area contributed by atoms with Crippen molar-refractivity contribution >= 4 is 5.91 Å². The highest BCUT2D eigenvalue weighted by atomic mass is 19.1. The van der Waals surface area contributed by atoms with Crippen molar-refractivity contribution in [3.05, 3.63) is 117 Å². The molecule has 1 aliphatic rings. The highest BCUT2D eigenvalue weighted by Crippen LogP contribution is 2.25. The number of hydrogen-bond donors (Lipinski definition) is 2. The number of methoxy groups -OCH3 is 1. The zero-order valence-corrected chi connectivity index (χ0v) is 21.4. The quantitative estimate of drug-likeness (QED) is 0.357. The molecule has 1 aliphatic heterocycles. The van der Waals surface area contributed by atoms with Crippen LogP contribution >= 0.6 is 0 Å². The number of nitrogens with zero attached hydrogens (tertiary/aromatic N) is 3. The number of aromatic nitrogens is 3. The van der Waals surface area contributed by atoms with Gasteiger partial charge in [0, 0.05) is 49.6 Å². The van der Waals surface area contributed by atoms with Crippen LogP contribution in [-0.4, -0.2) is 40.5 Å². The van der Waals surface area contributed by atoms with Crippen LogP contribution in [-0.2, 0) is 19.6 Å². The average molecular weight is 516 g/mol. The predicted molar refractivity (Wildman–Crippen MR) is 142 cm³/mol. The van der Waals surface area contributed by atoms with Gasteiger partial charge in [-0.2, -0.15) is 5.10 Å². The standard InChI is InChI=1S/C29H30FN5O3/c1-19-23(25(30)10-11-26(19)38-2)15-32-29(37)24-18-35(33-28(24)22-13-31-14-22)17-21-8-6-20(7-9-21)16-34-12-4-3-5-27(34)36/h3-12,18,22,31H,13-17H2,1-2H3,(H,32,37). The summed E-state index contributed by atoms with van der Waals surface area (Å²) in [6.45, 7) is 4.33. The van der Waals surface area contributed by atoms with Crippen molar-refractivity contribution in [2.24, 2.45) is 0 Å². The van der Waals surface area contributed by atoms with Crippen molar-refractivity contribution in [3.8, 4) is 5.75 Å². The number of rotatable bonds is 9. The van der Waals surface area contributed by atoms with Crippen LogP contribution in [0.25, 0.3) is 0 Å². The third kappa shape index (κ3) is 5.38. The van der Waals surface area contributed by atoms with E-state index < -0.39 is 0 Å². The van der Waals surface area contributed by atoms with Crippen LogP contribution < -0.4 is 20.9 Å². The summed E-state index contributed by atoms with van der Waals surface area (Å²) >= 11 is 0. The van der Waals surface area contributed by atoms with Gasteiger partial charge >= 0.3 is 0 Å². The monoisotopic (exact) mass is 515 g/mol. The van der Waals surface area contributed by atoms with Crippen molar-refractivity contribution in [3.63, 3.8) is 0 Å². The van der Waals surface area contributed by atoms with Gasteiger partial charge in [-0.25, -0.2) is 4.39 Å². The minimum absolute atomic E-state index is 0.0405. The molecule has 2 aromatic heterocycles. The number of amides is 1. The van der Waals surface area contributed by atoms with E-state index >= 15 is 0 Å². The van der Waals surface area contributed by atoms with E-state index in [-0.39, 0.29) is 29.7 Å². The van der Waals surface area contributed by atoms with Gasteiger partial charge in [0.1, 0.15) is 11.6 Å². The Bertz CT molecular complexity index is 1510. The van der Waals surface area contributed by atoms with Crippen molar-refractivity contribution in [1.82, 2.24) is 25.0 Å². The summed E-state index contributed by atoms with van der Waals surface area (Å²) in [5.74, 6) is 0.0529. The molecule has 9 heteroatoms. The third-order valence-corrected chi connectivity index (χ3v) is 6.96. The Morgan fingerprint density at radius 1 is 1.11 bits per heavy atom. The first kappa shape index (κ1) is 25.4. The topological polar surface area (TPSA) is 90.2 Å². The highest BCUT2D eigenvalue weighted by molar-refractivity contribution is 5.95. The summed E-state index contributed by atoms with van der Waals surface area (Å²) < 4.78 is 23.2. The Balaban J connectivity index is 1.30. The van der Waals surface area contributed by atoms with Gasteiger partial charge in [0.15, 0.2) is 0 Å². The number of nitrogens with one attached hydrogen (secondary N) is 2. The normalized spacial score (nSPS) is 13.2. The SMILES string of the molecule is COc1ccc(F)c(CNC(=O)c2cn(Cc3ccc(Cn4ccccc4=O)cc3)nc2C2CNC2)c1C. The minimum Gasteiger partial charge on any atom is -0.496 e. The van der Waals surface area contributed by atoms with Crippen LogP contribution in [0.1, 0.15) is 44.2 Å². The second-order valence-electron chi connectivity index (χ2n) is 9.50. The van der Waals surface area contributed by atoms with Gasteiger partial charge in [0.2, 0.25) is 0 Å². The second-order valence-corrected chi connectivity index (χ2v) is 9.50. The molecular formula is C29H30FN5O3.